The number of ether oxygens (including phenoxy) is 1. The fourth-order valence-corrected chi connectivity index (χ4v) is 5.03. The summed E-state index contributed by atoms with van der Waals surface area (Å²) in [4.78, 5) is 11.9. The van der Waals surface area contributed by atoms with Crippen LogP contribution in [0.4, 0.5) is 0 Å². The van der Waals surface area contributed by atoms with Gasteiger partial charge in [0.2, 0.25) is 0 Å². The smallest absolute Gasteiger partial charge is 0.308 e. The first-order valence-electron chi connectivity index (χ1n) is 7.56. The Labute approximate surface area is 110 Å². The number of hydrogen-bond donors (Lipinski definition) is 0. The summed E-state index contributed by atoms with van der Waals surface area (Å²) in [5.74, 6) is 2.73. The van der Waals surface area contributed by atoms with Crippen molar-refractivity contribution >= 4 is 5.97 Å². The van der Waals surface area contributed by atoms with Crippen molar-refractivity contribution < 1.29 is 9.53 Å². The number of carbonyl (C=O) groups is 1. The van der Waals surface area contributed by atoms with Crippen LogP contribution in [0.1, 0.15) is 59.8 Å². The molecule has 2 unspecified atom stereocenters. The summed E-state index contributed by atoms with van der Waals surface area (Å²) in [6, 6.07) is 0. The Kier molecular flexibility index (Phi) is 2.60. The molecular formula is C16H26O2. The molecule has 4 rings (SSSR count). The van der Waals surface area contributed by atoms with Crippen LogP contribution in [0.5, 0.6) is 0 Å². The first-order chi connectivity index (χ1) is 8.33. The molecule has 0 spiro atoms. The minimum absolute atomic E-state index is 0.0176. The molecule has 102 valence electrons. The van der Waals surface area contributed by atoms with E-state index in [0.717, 1.165) is 17.8 Å². The third kappa shape index (κ3) is 1.64. The predicted octanol–water partition coefficient (Wildman–Crippen LogP) is 3.79. The summed E-state index contributed by atoms with van der Waals surface area (Å²) >= 11 is 0. The Morgan fingerprint density at radius 2 is 1.72 bits per heavy atom. The highest BCUT2D eigenvalue weighted by molar-refractivity contribution is 5.72. The van der Waals surface area contributed by atoms with E-state index < -0.39 is 0 Å². The van der Waals surface area contributed by atoms with Crippen molar-refractivity contribution in [3.05, 3.63) is 0 Å². The maximum absolute atomic E-state index is 11.9. The van der Waals surface area contributed by atoms with Gasteiger partial charge in [-0.3, -0.25) is 4.79 Å². The van der Waals surface area contributed by atoms with Crippen LogP contribution < -0.4 is 0 Å². The van der Waals surface area contributed by atoms with E-state index in [1.165, 1.54) is 32.1 Å². The summed E-state index contributed by atoms with van der Waals surface area (Å²) in [6.07, 6.45) is 6.78. The van der Waals surface area contributed by atoms with E-state index in [4.69, 9.17) is 4.74 Å². The van der Waals surface area contributed by atoms with Gasteiger partial charge in [-0.2, -0.15) is 0 Å². The molecule has 2 nitrogen and oxygen atoms in total. The second kappa shape index (κ2) is 3.74. The number of carbonyl (C=O) groups excluding carboxylic acids is 1. The van der Waals surface area contributed by atoms with Crippen LogP contribution in [0.25, 0.3) is 0 Å². The van der Waals surface area contributed by atoms with E-state index in [9.17, 15) is 4.79 Å². The molecule has 0 aliphatic heterocycles. The zero-order chi connectivity index (χ0) is 13.1. The largest absolute Gasteiger partial charge is 0.459 e. The summed E-state index contributed by atoms with van der Waals surface area (Å²) in [6.45, 7) is 8.15. The molecule has 0 saturated heterocycles. The monoisotopic (exact) mass is 250 g/mol. The minimum Gasteiger partial charge on any atom is -0.459 e. The molecule has 4 saturated carbocycles. The van der Waals surface area contributed by atoms with Crippen molar-refractivity contribution in [3.8, 4) is 0 Å². The molecule has 0 aromatic carbocycles. The first-order valence-corrected chi connectivity index (χ1v) is 7.56. The molecular weight excluding hydrogens is 224 g/mol. The van der Waals surface area contributed by atoms with Gasteiger partial charge in [0, 0.05) is 5.41 Å². The summed E-state index contributed by atoms with van der Waals surface area (Å²) in [7, 11) is 0. The SMILES string of the molecule is CC(C)C(=O)OC(C)(C)C12CC3CC(C1)C(C3)C2. The fraction of sp³-hybridized carbons (Fsp3) is 0.938. The van der Waals surface area contributed by atoms with Crippen molar-refractivity contribution in [1.29, 1.82) is 0 Å². The van der Waals surface area contributed by atoms with Gasteiger partial charge < -0.3 is 4.74 Å². The van der Waals surface area contributed by atoms with Gasteiger partial charge in [-0.1, -0.05) is 13.8 Å². The molecule has 0 aromatic rings. The zero-order valence-corrected chi connectivity index (χ0v) is 12.2. The van der Waals surface area contributed by atoms with Crippen molar-refractivity contribution in [1.82, 2.24) is 0 Å². The molecule has 0 aromatic heterocycles. The molecule has 4 aliphatic rings. The molecule has 0 heterocycles. The van der Waals surface area contributed by atoms with Crippen LogP contribution in [0.2, 0.25) is 0 Å². The van der Waals surface area contributed by atoms with Gasteiger partial charge in [0.25, 0.3) is 0 Å². The van der Waals surface area contributed by atoms with Crippen LogP contribution in [-0.2, 0) is 9.53 Å². The highest BCUT2D eigenvalue weighted by Gasteiger charge is 2.62. The molecule has 0 amide bonds. The molecule has 2 atom stereocenters. The second-order valence-electron chi connectivity index (χ2n) is 7.84. The van der Waals surface area contributed by atoms with E-state index >= 15 is 0 Å². The Balaban J connectivity index is 1.80. The number of hydrogen-bond acceptors (Lipinski definition) is 2. The van der Waals surface area contributed by atoms with Crippen LogP contribution in [0.15, 0.2) is 0 Å². The zero-order valence-electron chi connectivity index (χ0n) is 12.2. The van der Waals surface area contributed by atoms with Gasteiger partial charge in [0.05, 0.1) is 5.92 Å². The molecule has 2 heteroatoms. The lowest BCUT2D eigenvalue weighted by atomic mass is 9.61. The topological polar surface area (TPSA) is 26.3 Å². The molecule has 0 N–H and O–H groups in total. The summed E-state index contributed by atoms with van der Waals surface area (Å²) < 4.78 is 5.89. The van der Waals surface area contributed by atoms with Crippen molar-refractivity contribution in [2.24, 2.45) is 29.1 Å². The maximum atomic E-state index is 11.9. The highest BCUT2D eigenvalue weighted by Crippen LogP contribution is 2.68. The van der Waals surface area contributed by atoms with E-state index in [0.29, 0.717) is 0 Å². The average Bonchev–Trinajstić information content (AvgIpc) is 2.66. The van der Waals surface area contributed by atoms with Crippen molar-refractivity contribution in [2.45, 2.75) is 65.4 Å². The Bertz CT molecular complexity index is 350. The van der Waals surface area contributed by atoms with Crippen molar-refractivity contribution in [3.63, 3.8) is 0 Å². The van der Waals surface area contributed by atoms with E-state index in [1.54, 1.807) is 0 Å². The number of esters is 1. The van der Waals surface area contributed by atoms with Gasteiger partial charge in [0.15, 0.2) is 0 Å². The highest BCUT2D eigenvalue weighted by atomic mass is 16.6. The fourth-order valence-electron chi connectivity index (χ4n) is 5.03. The van der Waals surface area contributed by atoms with Crippen LogP contribution >= 0.6 is 0 Å². The normalized spacial score (nSPS) is 41.7. The van der Waals surface area contributed by atoms with Crippen molar-refractivity contribution in [2.75, 3.05) is 0 Å². The molecule has 4 bridgehead atoms. The van der Waals surface area contributed by atoms with Gasteiger partial charge in [-0.15, -0.1) is 0 Å². The average molecular weight is 250 g/mol. The lowest BCUT2D eigenvalue weighted by molar-refractivity contribution is -0.180. The lowest BCUT2D eigenvalue weighted by Gasteiger charge is -2.49. The van der Waals surface area contributed by atoms with Crippen LogP contribution in [0.3, 0.4) is 0 Å². The van der Waals surface area contributed by atoms with Gasteiger partial charge in [-0.05, 0) is 63.7 Å². The standard InChI is InChI=1S/C16H26O2/c1-10(2)14(17)18-15(3,4)16-7-11-5-12(8-16)13(6-11)9-16/h10-13H,5-9H2,1-4H3. The minimum atomic E-state index is -0.277. The molecule has 4 aliphatic carbocycles. The molecule has 4 fully saturated rings. The van der Waals surface area contributed by atoms with E-state index in [-0.39, 0.29) is 22.9 Å². The van der Waals surface area contributed by atoms with Crippen LogP contribution in [0, 0.1) is 29.1 Å². The third-order valence-electron chi connectivity index (χ3n) is 6.03. The Morgan fingerprint density at radius 3 is 2.17 bits per heavy atom. The van der Waals surface area contributed by atoms with E-state index in [2.05, 4.69) is 13.8 Å². The lowest BCUT2D eigenvalue weighted by Crippen LogP contribution is -2.49. The van der Waals surface area contributed by atoms with Gasteiger partial charge in [-0.25, -0.2) is 0 Å². The third-order valence-corrected chi connectivity index (χ3v) is 6.03. The Hall–Kier alpha value is -0.530. The Morgan fingerprint density at radius 1 is 1.17 bits per heavy atom. The summed E-state index contributed by atoms with van der Waals surface area (Å²) in [5.41, 5.74) is 0.00843. The predicted molar refractivity (Wildman–Crippen MR) is 71.0 cm³/mol. The second-order valence-corrected chi connectivity index (χ2v) is 7.84. The van der Waals surface area contributed by atoms with Gasteiger partial charge >= 0.3 is 5.97 Å². The maximum Gasteiger partial charge on any atom is 0.308 e. The first kappa shape index (κ1) is 12.5. The molecule has 18 heavy (non-hydrogen) atoms. The van der Waals surface area contributed by atoms with E-state index in [1.807, 2.05) is 13.8 Å². The number of rotatable bonds is 3. The summed E-state index contributed by atoms with van der Waals surface area (Å²) in [5, 5.41) is 0. The quantitative estimate of drug-likeness (QED) is 0.712. The molecule has 0 radical (unpaired) electrons. The van der Waals surface area contributed by atoms with Crippen LogP contribution in [-0.4, -0.2) is 11.6 Å². The van der Waals surface area contributed by atoms with Gasteiger partial charge in [0.1, 0.15) is 5.60 Å².